The fourth-order valence-corrected chi connectivity index (χ4v) is 3.66. The van der Waals surface area contributed by atoms with Gasteiger partial charge >= 0.3 is 0 Å². The highest BCUT2D eigenvalue weighted by molar-refractivity contribution is 7.89. The van der Waals surface area contributed by atoms with Gasteiger partial charge in [-0.2, -0.15) is 0 Å². The summed E-state index contributed by atoms with van der Waals surface area (Å²) in [7, 11) is 0.312. The molecule has 7 heteroatoms. The van der Waals surface area contributed by atoms with Gasteiger partial charge in [-0.1, -0.05) is 29.4 Å². The van der Waals surface area contributed by atoms with E-state index < -0.39 is 10.0 Å². The number of aromatic nitrogens is 1. The van der Waals surface area contributed by atoms with E-state index in [1.807, 2.05) is 43.3 Å². The van der Waals surface area contributed by atoms with Gasteiger partial charge in [0.25, 0.3) is 0 Å². The average Bonchev–Trinajstić information content (AvgIpc) is 2.77. The van der Waals surface area contributed by atoms with E-state index in [4.69, 9.17) is 4.52 Å². The Morgan fingerprint density at radius 3 is 2.36 bits per heavy atom. The summed E-state index contributed by atoms with van der Waals surface area (Å²) in [5.41, 5.74) is 2.41. The topological polar surface area (TPSA) is 75.4 Å². The maximum absolute atomic E-state index is 12.4. The van der Waals surface area contributed by atoms with E-state index in [9.17, 15) is 8.42 Å². The van der Waals surface area contributed by atoms with Gasteiger partial charge in [0.1, 0.15) is 10.6 Å². The number of rotatable bonds is 6. The number of sulfonamides is 1. The van der Waals surface area contributed by atoms with Crippen LogP contribution in [0.2, 0.25) is 0 Å². The highest BCUT2D eigenvalue weighted by Gasteiger charge is 2.24. The van der Waals surface area contributed by atoms with Crippen molar-refractivity contribution in [1.29, 1.82) is 0 Å². The predicted octanol–water partition coefficient (Wildman–Crippen LogP) is 1.83. The zero-order chi connectivity index (χ0) is 16.3. The van der Waals surface area contributed by atoms with E-state index in [-0.39, 0.29) is 11.4 Å². The zero-order valence-corrected chi connectivity index (χ0v) is 14.1. The van der Waals surface area contributed by atoms with Crippen LogP contribution >= 0.6 is 0 Å². The lowest BCUT2D eigenvalue weighted by molar-refractivity contribution is 0.390. The van der Waals surface area contributed by atoms with Crippen molar-refractivity contribution >= 4 is 10.0 Å². The van der Waals surface area contributed by atoms with Crippen LogP contribution in [-0.4, -0.2) is 32.6 Å². The molecule has 0 unspecified atom stereocenters. The number of benzene rings is 1. The molecule has 120 valence electrons. The normalized spacial score (nSPS) is 12.0. The van der Waals surface area contributed by atoms with E-state index >= 15 is 0 Å². The Kier molecular flexibility index (Phi) is 5.00. The fraction of sp³-hybridized carbons (Fsp3) is 0.400. The van der Waals surface area contributed by atoms with Gasteiger partial charge in [-0.25, -0.2) is 13.1 Å². The molecule has 0 spiro atoms. The molecular formula is C15H21N3O3S. The molecule has 0 aliphatic carbocycles. The summed E-state index contributed by atoms with van der Waals surface area (Å²) in [5, 5.41) is 3.69. The number of aryl methyl sites for hydroxylation is 2. The predicted molar refractivity (Wildman–Crippen MR) is 83.8 cm³/mol. The molecule has 0 amide bonds. The molecule has 0 atom stereocenters. The second-order valence-corrected chi connectivity index (χ2v) is 7.19. The lowest BCUT2D eigenvalue weighted by atomic mass is 10.1. The zero-order valence-electron chi connectivity index (χ0n) is 13.3. The third-order valence-corrected chi connectivity index (χ3v) is 4.94. The maximum Gasteiger partial charge on any atom is 0.246 e. The van der Waals surface area contributed by atoms with Crippen molar-refractivity contribution in [1.82, 2.24) is 14.8 Å². The van der Waals surface area contributed by atoms with Crippen LogP contribution in [0.25, 0.3) is 0 Å². The van der Waals surface area contributed by atoms with Crippen LogP contribution in [0.1, 0.15) is 22.6 Å². The third-order valence-electron chi connectivity index (χ3n) is 3.29. The van der Waals surface area contributed by atoms with Crippen molar-refractivity contribution in [3.8, 4) is 0 Å². The van der Waals surface area contributed by atoms with Gasteiger partial charge in [-0.05, 0) is 39.1 Å². The Morgan fingerprint density at radius 2 is 1.82 bits per heavy atom. The van der Waals surface area contributed by atoms with Crippen molar-refractivity contribution in [3.05, 3.63) is 46.8 Å². The first-order valence-electron chi connectivity index (χ1n) is 6.95. The Bertz CT molecular complexity index is 732. The molecule has 0 aliphatic heterocycles. The molecular weight excluding hydrogens is 302 g/mol. The lowest BCUT2D eigenvalue weighted by Gasteiger charge is -2.14. The van der Waals surface area contributed by atoms with E-state index in [0.717, 1.165) is 17.7 Å². The Labute approximate surface area is 131 Å². The molecule has 0 bridgehead atoms. The number of nitrogens with zero attached hydrogens (tertiary/aromatic N) is 2. The SMILES string of the molecule is Cc1noc(C)c1S(=O)(=O)NCc1ccccc1CN(C)C. The molecule has 1 heterocycles. The van der Waals surface area contributed by atoms with Crippen LogP contribution in [0.15, 0.2) is 33.7 Å². The third kappa shape index (κ3) is 3.73. The van der Waals surface area contributed by atoms with Gasteiger partial charge in [0.15, 0.2) is 5.76 Å². The minimum absolute atomic E-state index is 0.123. The quantitative estimate of drug-likeness (QED) is 0.878. The monoisotopic (exact) mass is 323 g/mol. The summed E-state index contributed by atoms with van der Waals surface area (Å²) in [6.07, 6.45) is 0. The summed E-state index contributed by atoms with van der Waals surface area (Å²) in [4.78, 5) is 2.17. The molecule has 1 aromatic carbocycles. The summed E-state index contributed by atoms with van der Waals surface area (Å²) in [5.74, 6) is 0.298. The Morgan fingerprint density at radius 1 is 1.18 bits per heavy atom. The molecule has 2 rings (SSSR count). The summed E-state index contributed by atoms with van der Waals surface area (Å²) < 4.78 is 32.4. The van der Waals surface area contributed by atoms with Gasteiger partial charge in [0.05, 0.1) is 0 Å². The molecule has 0 saturated carbocycles. The number of hydrogen-bond donors (Lipinski definition) is 1. The molecule has 0 fully saturated rings. The Balaban J connectivity index is 2.20. The minimum Gasteiger partial charge on any atom is -0.360 e. The van der Waals surface area contributed by atoms with Gasteiger partial charge in [-0.15, -0.1) is 0 Å². The molecule has 2 aromatic rings. The number of hydrogen-bond acceptors (Lipinski definition) is 5. The maximum atomic E-state index is 12.4. The van der Waals surface area contributed by atoms with E-state index in [1.165, 1.54) is 0 Å². The van der Waals surface area contributed by atoms with Crippen LogP contribution in [0.3, 0.4) is 0 Å². The number of nitrogens with one attached hydrogen (secondary N) is 1. The molecule has 0 saturated heterocycles. The van der Waals surface area contributed by atoms with Gasteiger partial charge in [0, 0.05) is 13.1 Å². The molecule has 1 aromatic heterocycles. The van der Waals surface area contributed by atoms with Crippen LogP contribution in [0.4, 0.5) is 0 Å². The van der Waals surface area contributed by atoms with Crippen molar-refractivity contribution in [3.63, 3.8) is 0 Å². The molecule has 6 nitrogen and oxygen atoms in total. The van der Waals surface area contributed by atoms with E-state index in [2.05, 4.69) is 9.88 Å². The van der Waals surface area contributed by atoms with Crippen LogP contribution in [0, 0.1) is 13.8 Å². The van der Waals surface area contributed by atoms with Crippen LogP contribution in [-0.2, 0) is 23.1 Å². The van der Waals surface area contributed by atoms with Gasteiger partial charge in [-0.3, -0.25) is 0 Å². The molecule has 1 N–H and O–H groups in total. The summed E-state index contributed by atoms with van der Waals surface area (Å²) in [6.45, 7) is 4.19. The highest BCUT2D eigenvalue weighted by atomic mass is 32.2. The molecule has 0 aliphatic rings. The fourth-order valence-electron chi connectivity index (χ4n) is 2.33. The van der Waals surface area contributed by atoms with E-state index in [0.29, 0.717) is 11.5 Å². The summed E-state index contributed by atoms with van der Waals surface area (Å²) >= 11 is 0. The second-order valence-electron chi connectivity index (χ2n) is 5.48. The summed E-state index contributed by atoms with van der Waals surface area (Å²) in [6, 6.07) is 7.78. The first kappa shape index (κ1) is 16.7. The standard InChI is InChI=1S/C15H21N3O3S/c1-11-15(12(2)21-17-11)22(19,20)16-9-13-7-5-6-8-14(13)10-18(3)4/h5-8,16H,9-10H2,1-4H3. The Hall–Kier alpha value is -1.70. The van der Waals surface area contributed by atoms with Gasteiger partial charge in [0.2, 0.25) is 10.0 Å². The smallest absolute Gasteiger partial charge is 0.246 e. The minimum atomic E-state index is -3.64. The van der Waals surface area contributed by atoms with Crippen molar-refractivity contribution in [2.24, 2.45) is 0 Å². The van der Waals surface area contributed by atoms with Crippen molar-refractivity contribution < 1.29 is 12.9 Å². The average molecular weight is 323 g/mol. The van der Waals surface area contributed by atoms with Crippen LogP contribution in [0.5, 0.6) is 0 Å². The van der Waals surface area contributed by atoms with Crippen molar-refractivity contribution in [2.75, 3.05) is 14.1 Å². The van der Waals surface area contributed by atoms with Crippen LogP contribution < -0.4 is 4.72 Å². The first-order chi connectivity index (χ1) is 10.3. The first-order valence-corrected chi connectivity index (χ1v) is 8.43. The lowest BCUT2D eigenvalue weighted by Crippen LogP contribution is -2.25. The van der Waals surface area contributed by atoms with Crippen molar-refractivity contribution in [2.45, 2.75) is 31.8 Å². The highest BCUT2D eigenvalue weighted by Crippen LogP contribution is 2.19. The molecule has 22 heavy (non-hydrogen) atoms. The largest absolute Gasteiger partial charge is 0.360 e. The van der Waals surface area contributed by atoms with E-state index in [1.54, 1.807) is 13.8 Å². The second kappa shape index (κ2) is 6.60. The molecule has 0 radical (unpaired) electrons. The van der Waals surface area contributed by atoms with Gasteiger partial charge < -0.3 is 9.42 Å².